The fourth-order valence-electron chi connectivity index (χ4n) is 3.41. The minimum absolute atomic E-state index is 0.231. The van der Waals surface area contributed by atoms with Gasteiger partial charge in [0.15, 0.2) is 16.3 Å². The van der Waals surface area contributed by atoms with Crippen LogP contribution in [0.5, 0.6) is 0 Å². The molecule has 7 heteroatoms. The molecule has 0 saturated heterocycles. The Morgan fingerprint density at radius 1 is 0.862 bits per heavy atom. The Labute approximate surface area is 172 Å². The SMILES string of the molecule is CCSc1nc2c(c(=O)n(Cc3ccccc3)c(=O)n2C)n1Cc1ccccc1. The summed E-state index contributed by atoms with van der Waals surface area (Å²) in [7, 11) is 1.67. The van der Waals surface area contributed by atoms with Gasteiger partial charge in [0.25, 0.3) is 5.56 Å². The molecular formula is C22H22N4O2S. The van der Waals surface area contributed by atoms with Crippen molar-refractivity contribution in [2.24, 2.45) is 7.05 Å². The van der Waals surface area contributed by atoms with E-state index in [0.29, 0.717) is 17.7 Å². The summed E-state index contributed by atoms with van der Waals surface area (Å²) in [4.78, 5) is 31.0. The van der Waals surface area contributed by atoms with Crippen molar-refractivity contribution in [3.8, 4) is 0 Å². The molecule has 0 radical (unpaired) electrons. The van der Waals surface area contributed by atoms with Crippen LogP contribution in [0.4, 0.5) is 0 Å². The quantitative estimate of drug-likeness (QED) is 0.462. The lowest BCUT2D eigenvalue weighted by Crippen LogP contribution is -2.40. The van der Waals surface area contributed by atoms with Crippen molar-refractivity contribution in [3.63, 3.8) is 0 Å². The van der Waals surface area contributed by atoms with Gasteiger partial charge in [-0.1, -0.05) is 79.3 Å². The monoisotopic (exact) mass is 406 g/mol. The summed E-state index contributed by atoms with van der Waals surface area (Å²) in [5, 5.41) is 0.746. The Bertz CT molecular complexity index is 1260. The molecule has 4 aromatic rings. The van der Waals surface area contributed by atoms with E-state index in [-0.39, 0.29) is 17.8 Å². The minimum Gasteiger partial charge on any atom is -0.309 e. The Hall–Kier alpha value is -3.06. The molecule has 0 amide bonds. The highest BCUT2D eigenvalue weighted by Crippen LogP contribution is 2.22. The molecule has 4 rings (SSSR count). The van der Waals surface area contributed by atoms with Crippen molar-refractivity contribution in [1.82, 2.24) is 18.7 Å². The van der Waals surface area contributed by atoms with E-state index in [9.17, 15) is 9.59 Å². The van der Waals surface area contributed by atoms with Crippen LogP contribution in [0, 0.1) is 0 Å². The molecule has 6 nitrogen and oxygen atoms in total. The topological polar surface area (TPSA) is 61.8 Å². The lowest BCUT2D eigenvalue weighted by molar-refractivity contribution is 0.651. The molecule has 0 fully saturated rings. The summed E-state index contributed by atoms with van der Waals surface area (Å²) in [5.41, 5.74) is 2.21. The summed E-state index contributed by atoms with van der Waals surface area (Å²) in [6, 6.07) is 19.5. The summed E-state index contributed by atoms with van der Waals surface area (Å²) in [6.07, 6.45) is 0. The molecule has 0 unspecified atom stereocenters. The third-order valence-corrected chi connectivity index (χ3v) is 5.70. The zero-order valence-corrected chi connectivity index (χ0v) is 17.2. The maximum atomic E-state index is 13.4. The second-order valence-corrected chi connectivity index (χ2v) is 8.02. The first-order valence-electron chi connectivity index (χ1n) is 9.51. The Balaban J connectivity index is 1.94. The van der Waals surface area contributed by atoms with E-state index in [1.54, 1.807) is 18.8 Å². The highest BCUT2D eigenvalue weighted by atomic mass is 32.2. The van der Waals surface area contributed by atoms with Crippen LogP contribution in [-0.4, -0.2) is 24.4 Å². The van der Waals surface area contributed by atoms with Crippen LogP contribution < -0.4 is 11.2 Å². The number of rotatable bonds is 6. The first-order chi connectivity index (χ1) is 14.1. The average Bonchev–Trinajstić information content (AvgIpc) is 3.10. The zero-order chi connectivity index (χ0) is 20.4. The lowest BCUT2D eigenvalue weighted by atomic mass is 10.2. The van der Waals surface area contributed by atoms with Gasteiger partial charge < -0.3 is 4.57 Å². The van der Waals surface area contributed by atoms with Gasteiger partial charge in [0.2, 0.25) is 0 Å². The largest absolute Gasteiger partial charge is 0.332 e. The number of fused-ring (bicyclic) bond motifs is 1. The van der Waals surface area contributed by atoms with Crippen LogP contribution in [0.15, 0.2) is 75.4 Å². The second kappa shape index (κ2) is 8.13. The number of hydrogen-bond acceptors (Lipinski definition) is 4. The van der Waals surface area contributed by atoms with E-state index >= 15 is 0 Å². The van der Waals surface area contributed by atoms with Crippen molar-refractivity contribution in [3.05, 3.63) is 92.6 Å². The first kappa shape index (κ1) is 19.3. The number of nitrogens with zero attached hydrogens (tertiary/aromatic N) is 4. The fraction of sp³-hybridized carbons (Fsp3) is 0.227. The van der Waals surface area contributed by atoms with Crippen molar-refractivity contribution < 1.29 is 0 Å². The summed E-state index contributed by atoms with van der Waals surface area (Å²) >= 11 is 1.57. The van der Waals surface area contributed by atoms with Crippen LogP contribution in [0.25, 0.3) is 11.2 Å². The molecule has 0 spiro atoms. The Morgan fingerprint density at radius 2 is 1.41 bits per heavy atom. The van der Waals surface area contributed by atoms with Gasteiger partial charge in [0.05, 0.1) is 13.1 Å². The van der Waals surface area contributed by atoms with Crippen molar-refractivity contribution in [2.75, 3.05) is 5.75 Å². The van der Waals surface area contributed by atoms with Crippen LogP contribution in [0.1, 0.15) is 18.1 Å². The lowest BCUT2D eigenvalue weighted by Gasteiger charge is -2.11. The van der Waals surface area contributed by atoms with E-state index in [2.05, 4.69) is 4.98 Å². The number of aryl methyl sites for hydroxylation is 1. The minimum atomic E-state index is -0.358. The maximum absolute atomic E-state index is 13.4. The van der Waals surface area contributed by atoms with E-state index in [4.69, 9.17) is 0 Å². The normalized spacial score (nSPS) is 11.2. The van der Waals surface area contributed by atoms with E-state index in [1.807, 2.05) is 72.2 Å². The molecule has 0 saturated carbocycles. The van der Waals surface area contributed by atoms with Crippen LogP contribution in [0.2, 0.25) is 0 Å². The third kappa shape index (κ3) is 3.65. The van der Waals surface area contributed by atoms with Gasteiger partial charge in [0, 0.05) is 7.05 Å². The molecule has 29 heavy (non-hydrogen) atoms. The third-order valence-electron chi connectivity index (χ3n) is 4.84. The molecule has 0 atom stereocenters. The summed E-state index contributed by atoms with van der Waals surface area (Å²) in [6.45, 7) is 2.80. The molecule has 0 aliphatic rings. The van der Waals surface area contributed by atoms with Gasteiger partial charge in [-0.15, -0.1) is 0 Å². The summed E-state index contributed by atoms with van der Waals surface area (Å²) < 4.78 is 4.70. The average molecular weight is 407 g/mol. The van der Waals surface area contributed by atoms with Gasteiger partial charge in [-0.05, 0) is 16.9 Å². The molecule has 0 aliphatic heterocycles. The number of benzene rings is 2. The van der Waals surface area contributed by atoms with Gasteiger partial charge in [0.1, 0.15) is 0 Å². The van der Waals surface area contributed by atoms with Crippen molar-refractivity contribution in [2.45, 2.75) is 25.2 Å². The molecule has 0 bridgehead atoms. The predicted octanol–water partition coefficient (Wildman–Crippen LogP) is 3.11. The number of hydrogen-bond donors (Lipinski definition) is 0. The molecule has 0 N–H and O–H groups in total. The standard InChI is InChI=1S/C22H22N4O2S/c1-3-29-21-23-19-18(25(21)14-16-10-6-4-7-11-16)20(27)26(22(28)24(19)2)15-17-12-8-5-9-13-17/h4-13H,3,14-15H2,1-2H3. The van der Waals surface area contributed by atoms with Gasteiger partial charge >= 0.3 is 5.69 Å². The number of aromatic nitrogens is 4. The van der Waals surface area contributed by atoms with Crippen LogP contribution >= 0.6 is 11.8 Å². The molecular weight excluding hydrogens is 384 g/mol. The van der Waals surface area contributed by atoms with E-state index in [0.717, 1.165) is 22.0 Å². The summed E-state index contributed by atoms with van der Waals surface area (Å²) in [5.74, 6) is 0.824. The molecule has 148 valence electrons. The molecule has 2 heterocycles. The van der Waals surface area contributed by atoms with Crippen LogP contribution in [-0.2, 0) is 20.1 Å². The smallest absolute Gasteiger partial charge is 0.309 e. The molecule has 2 aromatic carbocycles. The van der Waals surface area contributed by atoms with Gasteiger partial charge in [-0.25, -0.2) is 9.78 Å². The zero-order valence-electron chi connectivity index (χ0n) is 16.4. The van der Waals surface area contributed by atoms with E-state index < -0.39 is 0 Å². The fourth-order valence-corrected chi connectivity index (χ4v) is 4.13. The van der Waals surface area contributed by atoms with Gasteiger partial charge in [-0.3, -0.25) is 13.9 Å². The van der Waals surface area contributed by atoms with Gasteiger partial charge in [-0.2, -0.15) is 0 Å². The highest BCUT2D eigenvalue weighted by molar-refractivity contribution is 7.99. The van der Waals surface area contributed by atoms with Crippen LogP contribution in [0.3, 0.4) is 0 Å². The maximum Gasteiger partial charge on any atom is 0.332 e. The second-order valence-electron chi connectivity index (χ2n) is 6.79. The number of thioether (sulfide) groups is 1. The predicted molar refractivity (Wildman–Crippen MR) is 117 cm³/mol. The highest BCUT2D eigenvalue weighted by Gasteiger charge is 2.20. The van der Waals surface area contributed by atoms with Crippen molar-refractivity contribution in [1.29, 1.82) is 0 Å². The first-order valence-corrected chi connectivity index (χ1v) is 10.5. The molecule has 0 aliphatic carbocycles. The number of imidazole rings is 1. The van der Waals surface area contributed by atoms with E-state index in [1.165, 1.54) is 9.13 Å². The Kier molecular flexibility index (Phi) is 5.40. The van der Waals surface area contributed by atoms with Crippen molar-refractivity contribution >= 4 is 22.9 Å². The molecule has 2 aromatic heterocycles. The Morgan fingerprint density at radius 3 is 1.97 bits per heavy atom.